The largest absolute Gasteiger partial charge is 0.357 e. The maximum absolute atomic E-state index is 5.85. The molecule has 0 saturated carbocycles. The van der Waals surface area contributed by atoms with Crippen LogP contribution in [-0.2, 0) is 0 Å². The molecule has 96 valence electrons. The minimum absolute atomic E-state index is 0.313. The van der Waals surface area contributed by atoms with Gasteiger partial charge in [-0.25, -0.2) is 0 Å². The monoisotopic (exact) mass is 266 g/mol. The van der Waals surface area contributed by atoms with Gasteiger partial charge >= 0.3 is 0 Å². The highest BCUT2D eigenvalue weighted by Crippen LogP contribution is 2.26. The molecule has 3 heterocycles. The third-order valence-corrected chi connectivity index (χ3v) is 3.56. The minimum atomic E-state index is 0.313. The fourth-order valence-electron chi connectivity index (χ4n) is 2.22. The van der Waals surface area contributed by atoms with Crippen LogP contribution in [0.1, 0.15) is 31.6 Å². The van der Waals surface area contributed by atoms with Crippen LogP contribution in [0.4, 0.5) is 0 Å². The molecule has 0 amide bonds. The Morgan fingerprint density at radius 1 is 1.44 bits per heavy atom. The zero-order valence-electron chi connectivity index (χ0n) is 10.1. The van der Waals surface area contributed by atoms with E-state index >= 15 is 0 Å². The van der Waals surface area contributed by atoms with Crippen LogP contribution in [0, 0.1) is 0 Å². The molecular weight excluding hydrogens is 252 g/mol. The quantitative estimate of drug-likeness (QED) is 0.877. The van der Waals surface area contributed by atoms with Crippen molar-refractivity contribution in [1.29, 1.82) is 0 Å². The highest BCUT2D eigenvalue weighted by molar-refractivity contribution is 6.30. The summed E-state index contributed by atoms with van der Waals surface area (Å²) in [6.45, 7) is 3.09. The molecular formula is C12H15ClN4O. The maximum atomic E-state index is 5.85. The van der Waals surface area contributed by atoms with Crippen molar-refractivity contribution in [3.8, 4) is 11.5 Å². The van der Waals surface area contributed by atoms with E-state index in [2.05, 4.69) is 27.4 Å². The van der Waals surface area contributed by atoms with Crippen LogP contribution < -0.4 is 5.32 Å². The van der Waals surface area contributed by atoms with Crippen molar-refractivity contribution in [3.63, 3.8) is 0 Å². The maximum Gasteiger partial charge on any atom is 0.231 e. The average Bonchev–Trinajstić information content (AvgIpc) is 2.98. The summed E-state index contributed by atoms with van der Waals surface area (Å²) in [6, 6.07) is 2.36. The molecule has 6 heteroatoms. The van der Waals surface area contributed by atoms with Crippen molar-refractivity contribution in [2.24, 2.45) is 0 Å². The Balaban J connectivity index is 1.77. The minimum Gasteiger partial charge on any atom is -0.357 e. The Morgan fingerprint density at radius 3 is 3.00 bits per heavy atom. The predicted molar refractivity (Wildman–Crippen MR) is 68.5 cm³/mol. The number of piperidine rings is 1. The molecule has 3 rings (SSSR count). The number of aromatic nitrogens is 3. The van der Waals surface area contributed by atoms with E-state index in [9.17, 15) is 0 Å². The van der Waals surface area contributed by atoms with Gasteiger partial charge in [0.2, 0.25) is 11.7 Å². The van der Waals surface area contributed by atoms with Crippen molar-refractivity contribution in [2.45, 2.75) is 31.7 Å². The standard InChI is InChI=1S/C12H15ClN4O/c1-7-2-3-8(5-14-7)12-16-11(17-18-12)10-4-9(13)6-15-10/h4,6-8,14-15H,2-3,5H2,1H3. The molecule has 1 aliphatic rings. The Bertz CT molecular complexity index is 528. The summed E-state index contributed by atoms with van der Waals surface area (Å²) >= 11 is 5.85. The first-order chi connectivity index (χ1) is 8.72. The van der Waals surface area contributed by atoms with Crippen LogP contribution in [0.25, 0.3) is 11.5 Å². The molecule has 1 saturated heterocycles. The lowest BCUT2D eigenvalue weighted by molar-refractivity contribution is 0.301. The van der Waals surface area contributed by atoms with Crippen molar-refractivity contribution in [3.05, 3.63) is 23.2 Å². The summed E-state index contributed by atoms with van der Waals surface area (Å²) in [7, 11) is 0. The molecule has 2 aromatic heterocycles. The molecule has 0 bridgehead atoms. The fraction of sp³-hybridized carbons (Fsp3) is 0.500. The Labute approximate surface area is 110 Å². The zero-order valence-corrected chi connectivity index (χ0v) is 10.9. The third kappa shape index (κ3) is 2.28. The number of hydrogen-bond acceptors (Lipinski definition) is 4. The second kappa shape index (κ2) is 4.74. The van der Waals surface area contributed by atoms with Gasteiger partial charge in [0.15, 0.2) is 0 Å². The number of H-pyrrole nitrogens is 1. The van der Waals surface area contributed by atoms with Gasteiger partial charge in [-0.2, -0.15) is 4.98 Å². The molecule has 0 radical (unpaired) electrons. The van der Waals surface area contributed by atoms with E-state index < -0.39 is 0 Å². The van der Waals surface area contributed by atoms with Crippen LogP contribution in [0.15, 0.2) is 16.8 Å². The Kier molecular flexibility index (Phi) is 3.09. The van der Waals surface area contributed by atoms with Crippen molar-refractivity contribution in [2.75, 3.05) is 6.54 Å². The lowest BCUT2D eigenvalue weighted by Crippen LogP contribution is -2.35. The van der Waals surface area contributed by atoms with E-state index in [0.29, 0.717) is 28.7 Å². The van der Waals surface area contributed by atoms with Crippen LogP contribution in [-0.4, -0.2) is 27.7 Å². The molecule has 5 nitrogen and oxygen atoms in total. The average molecular weight is 267 g/mol. The van der Waals surface area contributed by atoms with Crippen molar-refractivity contribution < 1.29 is 4.52 Å². The van der Waals surface area contributed by atoms with Gasteiger partial charge in [0, 0.05) is 18.8 Å². The summed E-state index contributed by atoms with van der Waals surface area (Å²) in [5, 5.41) is 8.06. The molecule has 1 fully saturated rings. The van der Waals surface area contributed by atoms with Crippen molar-refractivity contribution in [1.82, 2.24) is 20.4 Å². The number of nitrogens with zero attached hydrogens (tertiary/aromatic N) is 2. The summed E-state index contributed by atoms with van der Waals surface area (Å²) in [4.78, 5) is 7.45. The van der Waals surface area contributed by atoms with Gasteiger partial charge in [0.05, 0.1) is 16.6 Å². The van der Waals surface area contributed by atoms with E-state index in [1.54, 1.807) is 12.3 Å². The normalized spacial score (nSPS) is 24.3. The van der Waals surface area contributed by atoms with Gasteiger partial charge in [-0.3, -0.25) is 0 Å². The van der Waals surface area contributed by atoms with Gasteiger partial charge in [0.1, 0.15) is 0 Å². The van der Waals surface area contributed by atoms with Crippen LogP contribution in [0.3, 0.4) is 0 Å². The van der Waals surface area contributed by atoms with E-state index in [1.165, 1.54) is 0 Å². The molecule has 0 aromatic carbocycles. The predicted octanol–water partition coefficient (Wildman–Crippen LogP) is 2.57. The van der Waals surface area contributed by atoms with Crippen LogP contribution in [0.2, 0.25) is 5.02 Å². The summed E-state index contributed by atoms with van der Waals surface area (Å²) in [6.07, 6.45) is 3.93. The first kappa shape index (κ1) is 11.7. The molecule has 2 aromatic rings. The number of halogens is 1. The zero-order chi connectivity index (χ0) is 12.5. The second-order valence-electron chi connectivity index (χ2n) is 4.77. The molecule has 2 N–H and O–H groups in total. The van der Waals surface area contributed by atoms with E-state index in [-0.39, 0.29) is 0 Å². The highest BCUT2D eigenvalue weighted by Gasteiger charge is 2.24. The first-order valence-electron chi connectivity index (χ1n) is 6.13. The number of nitrogens with one attached hydrogen (secondary N) is 2. The van der Waals surface area contributed by atoms with E-state index in [4.69, 9.17) is 16.1 Å². The van der Waals surface area contributed by atoms with E-state index in [1.807, 2.05) is 0 Å². The van der Waals surface area contributed by atoms with Gasteiger partial charge < -0.3 is 14.8 Å². The van der Waals surface area contributed by atoms with Gasteiger partial charge in [-0.15, -0.1) is 0 Å². The number of hydrogen-bond donors (Lipinski definition) is 2. The molecule has 0 spiro atoms. The Morgan fingerprint density at radius 2 is 2.33 bits per heavy atom. The molecule has 2 unspecified atom stereocenters. The fourth-order valence-corrected chi connectivity index (χ4v) is 2.38. The van der Waals surface area contributed by atoms with Crippen molar-refractivity contribution >= 4 is 11.6 Å². The lowest BCUT2D eigenvalue weighted by Gasteiger charge is -2.24. The molecule has 18 heavy (non-hydrogen) atoms. The summed E-state index contributed by atoms with van der Waals surface area (Å²) < 4.78 is 5.34. The summed E-state index contributed by atoms with van der Waals surface area (Å²) in [5.41, 5.74) is 0.784. The molecule has 2 atom stereocenters. The van der Waals surface area contributed by atoms with Crippen LogP contribution >= 0.6 is 11.6 Å². The topological polar surface area (TPSA) is 66.7 Å². The summed E-state index contributed by atoms with van der Waals surface area (Å²) in [5.74, 6) is 1.58. The van der Waals surface area contributed by atoms with Crippen LogP contribution in [0.5, 0.6) is 0 Å². The van der Waals surface area contributed by atoms with Gasteiger partial charge in [0.25, 0.3) is 0 Å². The second-order valence-corrected chi connectivity index (χ2v) is 5.21. The van der Waals surface area contributed by atoms with Gasteiger partial charge in [-0.05, 0) is 25.8 Å². The number of rotatable bonds is 2. The third-order valence-electron chi connectivity index (χ3n) is 3.34. The lowest BCUT2D eigenvalue weighted by atomic mass is 9.95. The van der Waals surface area contributed by atoms with E-state index in [0.717, 1.165) is 25.1 Å². The van der Waals surface area contributed by atoms with Gasteiger partial charge in [-0.1, -0.05) is 16.8 Å². The highest BCUT2D eigenvalue weighted by atomic mass is 35.5. The SMILES string of the molecule is CC1CCC(c2nc(-c3cc(Cl)c[nH]3)no2)CN1. The molecule has 1 aliphatic heterocycles. The molecule has 0 aliphatic carbocycles. The number of aromatic amines is 1. The smallest absolute Gasteiger partial charge is 0.231 e. The Hall–Kier alpha value is -1.33. The first-order valence-corrected chi connectivity index (χ1v) is 6.51.